The number of H-pyrrole nitrogens is 1. The highest BCUT2D eigenvalue weighted by molar-refractivity contribution is 6.38. The minimum atomic E-state index is -4.77. The highest BCUT2D eigenvalue weighted by Gasteiger charge is 2.44. The fraction of sp³-hybridized carbons (Fsp3) is 0.364. The number of ether oxygens (including phenoxy) is 2. The first kappa shape index (κ1) is 23.2. The number of hydrogen-bond acceptors (Lipinski definition) is 6. The summed E-state index contributed by atoms with van der Waals surface area (Å²) in [5, 5.41) is 10.7. The molecule has 0 saturated carbocycles. The third kappa shape index (κ3) is 4.83. The molecule has 2 fully saturated rings. The summed E-state index contributed by atoms with van der Waals surface area (Å²) in [5.74, 6) is -0.317. The van der Waals surface area contributed by atoms with Gasteiger partial charge in [-0.2, -0.15) is 15.4 Å². The number of likely N-dealkylation sites (tertiary alicyclic amines) is 2. The maximum atomic E-state index is 13.0. The average molecular weight is 510 g/mol. The van der Waals surface area contributed by atoms with Crippen LogP contribution < -0.4 is 4.74 Å². The van der Waals surface area contributed by atoms with Crippen LogP contribution in [0.1, 0.15) is 15.9 Å². The van der Waals surface area contributed by atoms with Crippen molar-refractivity contribution < 1.29 is 32.2 Å². The smallest absolute Gasteiger partial charge is 0.445 e. The Hall–Kier alpha value is -3.54. The molecule has 13 heteroatoms. The van der Waals surface area contributed by atoms with Gasteiger partial charge >= 0.3 is 12.5 Å². The Bertz CT molecular complexity index is 1250. The summed E-state index contributed by atoms with van der Waals surface area (Å²) in [5.41, 5.74) is 1.90. The lowest BCUT2D eigenvalue weighted by atomic mass is 10.0. The number of nitrogens with one attached hydrogen (secondary N) is 1. The molecule has 5 rings (SSSR count). The molecule has 1 aromatic heterocycles. The maximum absolute atomic E-state index is 13.0. The number of aromatic nitrogens is 3. The van der Waals surface area contributed by atoms with E-state index in [1.165, 1.54) is 12.1 Å². The molecule has 9 nitrogen and oxygen atoms in total. The van der Waals surface area contributed by atoms with Crippen molar-refractivity contribution in [2.24, 2.45) is 11.8 Å². The van der Waals surface area contributed by atoms with Crippen molar-refractivity contribution in [3.8, 4) is 5.75 Å². The molecule has 2 atom stereocenters. The summed E-state index contributed by atoms with van der Waals surface area (Å²) in [4.78, 5) is 28.9. The Kier molecular flexibility index (Phi) is 5.91. The Morgan fingerprint density at radius 3 is 2.31 bits per heavy atom. The van der Waals surface area contributed by atoms with E-state index < -0.39 is 12.5 Å². The number of halogens is 4. The highest BCUT2D eigenvalue weighted by atomic mass is 35.5. The van der Waals surface area contributed by atoms with Crippen molar-refractivity contribution in [3.05, 3.63) is 52.5 Å². The first-order chi connectivity index (χ1) is 16.7. The minimum Gasteiger partial charge on any atom is -0.445 e. The predicted molar refractivity (Wildman–Crippen MR) is 117 cm³/mol. The lowest BCUT2D eigenvalue weighted by Crippen LogP contribution is -2.36. The lowest BCUT2D eigenvalue weighted by molar-refractivity contribution is -0.274. The number of nitrogens with zero attached hydrogens (tertiary/aromatic N) is 4. The number of hydrogen-bond donors (Lipinski definition) is 1. The molecule has 2 saturated heterocycles. The second-order valence-electron chi connectivity index (χ2n) is 8.50. The molecule has 35 heavy (non-hydrogen) atoms. The molecule has 2 aliphatic heterocycles. The lowest BCUT2D eigenvalue weighted by Gasteiger charge is -2.22. The summed E-state index contributed by atoms with van der Waals surface area (Å²) in [6.45, 7) is 1.79. The van der Waals surface area contributed by atoms with Gasteiger partial charge in [0, 0.05) is 38.0 Å². The quantitative estimate of drug-likeness (QED) is 0.573. The summed E-state index contributed by atoms with van der Waals surface area (Å²) >= 11 is 6.37. The maximum Gasteiger partial charge on any atom is 0.573 e. The zero-order chi connectivity index (χ0) is 24.7. The van der Waals surface area contributed by atoms with Gasteiger partial charge in [-0.05, 0) is 29.8 Å². The van der Waals surface area contributed by atoms with Crippen LogP contribution in [-0.2, 0) is 11.3 Å². The molecular weight excluding hydrogens is 491 g/mol. The van der Waals surface area contributed by atoms with Crippen LogP contribution in [0.15, 0.2) is 36.4 Å². The molecular formula is C22H19ClF3N5O4. The van der Waals surface area contributed by atoms with Gasteiger partial charge in [-0.3, -0.25) is 4.79 Å². The number of rotatable bonds is 4. The Morgan fingerprint density at radius 2 is 1.66 bits per heavy atom. The molecule has 2 amide bonds. The van der Waals surface area contributed by atoms with Crippen LogP contribution in [0.4, 0.5) is 18.0 Å². The van der Waals surface area contributed by atoms with E-state index in [9.17, 15) is 22.8 Å². The topological polar surface area (TPSA) is 101 Å². The first-order valence-electron chi connectivity index (χ1n) is 10.7. The van der Waals surface area contributed by atoms with E-state index in [0.29, 0.717) is 48.3 Å². The van der Waals surface area contributed by atoms with Crippen molar-refractivity contribution in [3.63, 3.8) is 0 Å². The second-order valence-corrected chi connectivity index (χ2v) is 8.88. The summed E-state index contributed by atoms with van der Waals surface area (Å²) in [6.07, 6.45) is -5.27. The number of fused-ring (bicyclic) bond motifs is 2. The van der Waals surface area contributed by atoms with Gasteiger partial charge in [-0.25, -0.2) is 4.79 Å². The van der Waals surface area contributed by atoms with Crippen LogP contribution in [0.3, 0.4) is 0 Å². The van der Waals surface area contributed by atoms with Crippen molar-refractivity contribution in [2.75, 3.05) is 26.2 Å². The van der Waals surface area contributed by atoms with Crippen LogP contribution in [0, 0.1) is 11.8 Å². The molecule has 0 aliphatic carbocycles. The monoisotopic (exact) mass is 509 g/mol. The van der Waals surface area contributed by atoms with E-state index in [-0.39, 0.29) is 35.1 Å². The van der Waals surface area contributed by atoms with E-state index in [1.54, 1.807) is 21.9 Å². The zero-order valence-electron chi connectivity index (χ0n) is 18.1. The standard InChI is InChI=1S/C22H19ClF3N5O4/c23-18-16(5-6-17-19(18)28-29-27-17)20(32)30-7-13-9-31(10-14(13)8-30)21(33)34-11-12-1-3-15(4-2-12)35-22(24,25)26/h1-6,13-14H,7-11H2,(H,27,28,29)/t13-,14-/m0/s1. The van der Waals surface area contributed by atoms with Crippen LogP contribution in [-0.4, -0.2) is 69.8 Å². The summed E-state index contributed by atoms with van der Waals surface area (Å²) in [6, 6.07) is 8.44. The number of benzene rings is 2. The van der Waals surface area contributed by atoms with Crippen molar-refractivity contribution in [2.45, 2.75) is 13.0 Å². The number of alkyl halides is 3. The van der Waals surface area contributed by atoms with Crippen molar-refractivity contribution >= 4 is 34.6 Å². The van der Waals surface area contributed by atoms with Gasteiger partial charge in [0.15, 0.2) is 0 Å². The fourth-order valence-corrected chi connectivity index (χ4v) is 4.83. The molecule has 0 unspecified atom stereocenters. The van der Waals surface area contributed by atoms with Gasteiger partial charge < -0.3 is 19.3 Å². The Labute approximate surface area is 201 Å². The Balaban J connectivity index is 1.13. The number of carbonyl (C=O) groups is 2. The van der Waals surface area contributed by atoms with Crippen LogP contribution >= 0.6 is 11.6 Å². The zero-order valence-corrected chi connectivity index (χ0v) is 18.8. The second kappa shape index (κ2) is 8.91. The Morgan fingerprint density at radius 1 is 1.00 bits per heavy atom. The van der Waals surface area contributed by atoms with Gasteiger partial charge in [0.2, 0.25) is 0 Å². The van der Waals surface area contributed by atoms with E-state index in [2.05, 4.69) is 20.1 Å². The molecule has 3 aromatic rings. The minimum absolute atomic E-state index is 0.0788. The predicted octanol–water partition coefficient (Wildman–Crippen LogP) is 3.85. The largest absolute Gasteiger partial charge is 0.573 e. The number of carbonyl (C=O) groups excluding carboxylic acids is 2. The van der Waals surface area contributed by atoms with E-state index in [1.807, 2.05) is 0 Å². The van der Waals surface area contributed by atoms with Gasteiger partial charge in [0.25, 0.3) is 5.91 Å². The summed E-state index contributed by atoms with van der Waals surface area (Å²) in [7, 11) is 0. The SMILES string of the molecule is O=C(OCc1ccc(OC(F)(F)F)cc1)N1C[C@@H]2CN(C(=O)c3ccc4n[nH]nc4c3Cl)C[C@H]2C1. The average Bonchev–Trinajstić information content (AvgIpc) is 3.52. The summed E-state index contributed by atoms with van der Waals surface area (Å²) < 4.78 is 45.9. The van der Waals surface area contributed by atoms with Crippen LogP contribution in [0.5, 0.6) is 5.75 Å². The molecule has 0 spiro atoms. The van der Waals surface area contributed by atoms with Gasteiger partial charge in [-0.1, -0.05) is 23.7 Å². The van der Waals surface area contributed by atoms with Gasteiger partial charge in [0.1, 0.15) is 23.4 Å². The van der Waals surface area contributed by atoms with Crippen LogP contribution in [0.25, 0.3) is 11.0 Å². The fourth-order valence-electron chi connectivity index (χ4n) is 4.55. The van der Waals surface area contributed by atoms with E-state index in [0.717, 1.165) is 12.1 Å². The third-order valence-corrected chi connectivity index (χ3v) is 6.59. The molecule has 0 bridgehead atoms. The molecule has 2 aromatic carbocycles. The van der Waals surface area contributed by atoms with Crippen molar-refractivity contribution in [1.29, 1.82) is 0 Å². The number of aromatic amines is 1. The molecule has 2 aliphatic rings. The van der Waals surface area contributed by atoms with Crippen molar-refractivity contribution in [1.82, 2.24) is 25.2 Å². The molecule has 1 N–H and O–H groups in total. The highest BCUT2D eigenvalue weighted by Crippen LogP contribution is 2.34. The third-order valence-electron chi connectivity index (χ3n) is 6.21. The normalized spacial score (nSPS) is 19.8. The number of amides is 2. The van der Waals surface area contributed by atoms with Gasteiger partial charge in [-0.15, -0.1) is 13.2 Å². The molecule has 184 valence electrons. The van der Waals surface area contributed by atoms with Crippen LogP contribution in [0.2, 0.25) is 5.02 Å². The van der Waals surface area contributed by atoms with Gasteiger partial charge in [0.05, 0.1) is 10.6 Å². The molecule has 0 radical (unpaired) electrons. The first-order valence-corrected chi connectivity index (χ1v) is 11.1. The van der Waals surface area contributed by atoms with E-state index in [4.69, 9.17) is 16.3 Å². The van der Waals surface area contributed by atoms with E-state index >= 15 is 0 Å². The molecule has 3 heterocycles.